The van der Waals surface area contributed by atoms with E-state index in [2.05, 4.69) is 20.7 Å². The highest BCUT2D eigenvalue weighted by atomic mass is 79.9. The lowest BCUT2D eigenvalue weighted by atomic mass is 10.3. The normalized spacial score (nSPS) is 17.8. The van der Waals surface area contributed by atoms with E-state index in [1.807, 2.05) is 6.07 Å². The van der Waals surface area contributed by atoms with Crippen LogP contribution < -0.4 is 4.72 Å². The largest absolute Gasteiger partial charge is 0.240 e. The predicted molar refractivity (Wildman–Crippen MR) is 66.7 cm³/mol. The number of rotatable bonds is 3. The van der Waals surface area contributed by atoms with Crippen LogP contribution in [0, 0.1) is 0 Å². The van der Waals surface area contributed by atoms with E-state index in [1.54, 1.807) is 18.2 Å². The molecule has 0 spiro atoms. The van der Waals surface area contributed by atoms with Crippen LogP contribution in [0.25, 0.3) is 0 Å². The molecule has 0 saturated heterocycles. The van der Waals surface area contributed by atoms with Crippen molar-refractivity contribution in [3.05, 3.63) is 28.7 Å². The van der Waals surface area contributed by atoms with Gasteiger partial charge >= 0.3 is 0 Å². The quantitative estimate of drug-likeness (QED) is 0.933. The third-order valence-electron chi connectivity index (χ3n) is 2.78. The average Bonchev–Trinajstić information content (AvgIpc) is 2.70. The van der Waals surface area contributed by atoms with Crippen molar-refractivity contribution in [3.8, 4) is 0 Å². The minimum atomic E-state index is -3.35. The minimum absolute atomic E-state index is 0.115. The molecule has 0 aromatic heterocycles. The lowest BCUT2D eigenvalue weighted by Gasteiger charge is -2.12. The van der Waals surface area contributed by atoms with E-state index in [1.165, 1.54) is 0 Å². The lowest BCUT2D eigenvalue weighted by Crippen LogP contribution is -2.32. The van der Waals surface area contributed by atoms with Crippen molar-refractivity contribution in [2.45, 2.75) is 36.6 Å². The van der Waals surface area contributed by atoms with Gasteiger partial charge in [0.1, 0.15) is 0 Å². The molecule has 16 heavy (non-hydrogen) atoms. The van der Waals surface area contributed by atoms with E-state index in [-0.39, 0.29) is 6.04 Å². The van der Waals surface area contributed by atoms with Crippen LogP contribution in [-0.2, 0) is 10.0 Å². The van der Waals surface area contributed by atoms with E-state index in [4.69, 9.17) is 0 Å². The van der Waals surface area contributed by atoms with Crippen molar-refractivity contribution in [3.63, 3.8) is 0 Å². The summed E-state index contributed by atoms with van der Waals surface area (Å²) in [6, 6.07) is 6.89. The van der Waals surface area contributed by atoms with Gasteiger partial charge in [-0.05, 0) is 31.0 Å². The summed E-state index contributed by atoms with van der Waals surface area (Å²) >= 11 is 3.28. The van der Waals surface area contributed by atoms with Crippen LogP contribution in [-0.4, -0.2) is 14.5 Å². The highest BCUT2D eigenvalue weighted by Gasteiger charge is 2.22. The van der Waals surface area contributed by atoms with Gasteiger partial charge in [-0.2, -0.15) is 0 Å². The molecule has 0 heterocycles. The fourth-order valence-corrected chi connectivity index (χ4v) is 3.87. The van der Waals surface area contributed by atoms with E-state index in [9.17, 15) is 8.42 Å². The lowest BCUT2D eigenvalue weighted by molar-refractivity contribution is 0.552. The van der Waals surface area contributed by atoms with Crippen molar-refractivity contribution >= 4 is 26.0 Å². The molecule has 0 atom stereocenters. The Morgan fingerprint density at radius 3 is 2.56 bits per heavy atom. The minimum Gasteiger partial charge on any atom is -0.208 e. The summed E-state index contributed by atoms with van der Waals surface area (Å²) in [6.07, 6.45) is 4.14. The van der Waals surface area contributed by atoms with E-state index < -0.39 is 10.0 Å². The molecular formula is C11H14BrNO2S. The molecule has 0 unspecified atom stereocenters. The first kappa shape index (κ1) is 12.1. The van der Waals surface area contributed by atoms with Crippen molar-refractivity contribution < 1.29 is 8.42 Å². The number of nitrogens with one attached hydrogen (secondary N) is 1. The van der Waals surface area contributed by atoms with Crippen LogP contribution in [0.2, 0.25) is 0 Å². The summed E-state index contributed by atoms with van der Waals surface area (Å²) < 4.78 is 27.5. The fraction of sp³-hybridized carbons (Fsp3) is 0.455. The predicted octanol–water partition coefficient (Wildman–Crippen LogP) is 2.67. The second-order valence-electron chi connectivity index (χ2n) is 4.06. The molecule has 2 rings (SSSR count). The first-order valence-electron chi connectivity index (χ1n) is 5.36. The Hall–Kier alpha value is -0.390. The van der Waals surface area contributed by atoms with Gasteiger partial charge in [-0.25, -0.2) is 13.1 Å². The Kier molecular flexibility index (Phi) is 3.66. The first-order valence-corrected chi connectivity index (χ1v) is 7.63. The number of hydrogen-bond acceptors (Lipinski definition) is 2. The summed E-state index contributed by atoms with van der Waals surface area (Å²) in [7, 11) is -3.35. The van der Waals surface area contributed by atoms with Crippen molar-refractivity contribution in [1.29, 1.82) is 0 Å². The third-order valence-corrected chi connectivity index (χ3v) is 4.79. The van der Waals surface area contributed by atoms with Gasteiger partial charge < -0.3 is 0 Å². The summed E-state index contributed by atoms with van der Waals surface area (Å²) in [5, 5.41) is 0. The van der Waals surface area contributed by atoms with Gasteiger partial charge in [0.05, 0.1) is 4.90 Å². The highest BCUT2D eigenvalue weighted by Crippen LogP contribution is 2.21. The smallest absolute Gasteiger partial charge is 0.208 e. The molecule has 0 bridgehead atoms. The fourth-order valence-electron chi connectivity index (χ4n) is 1.97. The molecule has 1 aliphatic rings. The number of sulfonamides is 1. The molecule has 1 aromatic carbocycles. The number of hydrogen-bond donors (Lipinski definition) is 1. The zero-order valence-electron chi connectivity index (χ0n) is 8.82. The maximum absolute atomic E-state index is 12.0. The van der Waals surface area contributed by atoms with Crippen LogP contribution in [0.1, 0.15) is 25.7 Å². The SMILES string of the molecule is O=S(=O)(NC1CCCC1)c1cccc(Br)c1. The molecule has 1 fully saturated rings. The molecule has 1 aromatic rings. The Morgan fingerprint density at radius 2 is 1.94 bits per heavy atom. The molecule has 1 saturated carbocycles. The molecule has 1 N–H and O–H groups in total. The van der Waals surface area contributed by atoms with Crippen molar-refractivity contribution in [2.24, 2.45) is 0 Å². The topological polar surface area (TPSA) is 46.2 Å². The van der Waals surface area contributed by atoms with E-state index in [0.717, 1.165) is 30.2 Å². The van der Waals surface area contributed by atoms with Crippen molar-refractivity contribution in [1.82, 2.24) is 4.72 Å². The monoisotopic (exact) mass is 303 g/mol. The van der Waals surface area contributed by atoms with Gasteiger partial charge in [-0.3, -0.25) is 0 Å². The second-order valence-corrected chi connectivity index (χ2v) is 6.69. The van der Waals surface area contributed by atoms with Crippen LogP contribution in [0.15, 0.2) is 33.6 Å². The van der Waals surface area contributed by atoms with E-state index >= 15 is 0 Å². The highest BCUT2D eigenvalue weighted by molar-refractivity contribution is 9.10. The molecular weight excluding hydrogens is 290 g/mol. The van der Waals surface area contributed by atoms with Gasteiger partial charge in [0.2, 0.25) is 10.0 Å². The maximum atomic E-state index is 12.0. The van der Waals surface area contributed by atoms with Gasteiger partial charge in [0.25, 0.3) is 0 Å². The molecule has 0 amide bonds. The summed E-state index contributed by atoms with van der Waals surface area (Å²) in [5.74, 6) is 0. The van der Waals surface area contributed by atoms with Crippen LogP contribution in [0.4, 0.5) is 0 Å². The number of halogens is 1. The zero-order valence-corrected chi connectivity index (χ0v) is 11.2. The second kappa shape index (κ2) is 4.85. The zero-order chi connectivity index (χ0) is 11.6. The summed E-state index contributed by atoms with van der Waals surface area (Å²) in [4.78, 5) is 0.328. The van der Waals surface area contributed by atoms with Crippen LogP contribution in [0.5, 0.6) is 0 Å². The maximum Gasteiger partial charge on any atom is 0.240 e. The Labute approximate surface area is 104 Å². The summed E-state index contributed by atoms with van der Waals surface area (Å²) in [5.41, 5.74) is 0. The average molecular weight is 304 g/mol. The van der Waals surface area contributed by atoms with Gasteiger partial charge in [-0.15, -0.1) is 0 Å². The standard InChI is InChI=1S/C11H14BrNO2S/c12-9-4-3-7-11(8-9)16(14,15)13-10-5-1-2-6-10/h3-4,7-8,10,13H,1-2,5-6H2. The summed E-state index contributed by atoms with van der Waals surface area (Å²) in [6.45, 7) is 0. The van der Waals surface area contributed by atoms with Gasteiger partial charge in [-0.1, -0.05) is 34.8 Å². The van der Waals surface area contributed by atoms with Crippen LogP contribution >= 0.6 is 15.9 Å². The van der Waals surface area contributed by atoms with Gasteiger partial charge in [0.15, 0.2) is 0 Å². The van der Waals surface area contributed by atoms with Gasteiger partial charge in [0, 0.05) is 10.5 Å². The molecule has 1 aliphatic carbocycles. The number of benzene rings is 1. The molecule has 88 valence electrons. The molecule has 0 radical (unpaired) electrons. The van der Waals surface area contributed by atoms with E-state index in [0.29, 0.717) is 4.90 Å². The van der Waals surface area contributed by atoms with Crippen molar-refractivity contribution in [2.75, 3.05) is 0 Å². The Balaban J connectivity index is 2.18. The first-order chi connectivity index (χ1) is 7.58. The Bertz CT molecular complexity index is 467. The third kappa shape index (κ3) is 2.84. The Morgan fingerprint density at radius 1 is 1.25 bits per heavy atom. The molecule has 5 heteroatoms. The van der Waals surface area contributed by atoms with Crippen LogP contribution in [0.3, 0.4) is 0 Å². The molecule has 0 aliphatic heterocycles. The molecule has 3 nitrogen and oxygen atoms in total.